The Labute approximate surface area is 132 Å². The van der Waals surface area contributed by atoms with E-state index >= 15 is 0 Å². The van der Waals surface area contributed by atoms with Gasteiger partial charge in [-0.15, -0.1) is 11.3 Å². The summed E-state index contributed by atoms with van der Waals surface area (Å²) in [6.07, 6.45) is 2.42. The molecule has 0 spiro atoms. The summed E-state index contributed by atoms with van der Waals surface area (Å²) in [6, 6.07) is 0.526. The molecule has 1 aliphatic rings. The Kier molecular flexibility index (Phi) is 6.17. The lowest BCUT2D eigenvalue weighted by Crippen LogP contribution is -2.49. The van der Waals surface area contributed by atoms with Crippen molar-refractivity contribution in [3.05, 3.63) is 16.1 Å². The first-order chi connectivity index (χ1) is 10.0. The third-order valence-corrected chi connectivity index (χ3v) is 5.07. The molecule has 2 heterocycles. The van der Waals surface area contributed by atoms with Gasteiger partial charge in [-0.25, -0.2) is 4.98 Å². The van der Waals surface area contributed by atoms with Crippen molar-refractivity contribution in [3.8, 4) is 0 Å². The number of nitrogens with zero attached hydrogens (tertiary/aromatic N) is 2. The van der Waals surface area contributed by atoms with Crippen molar-refractivity contribution < 1.29 is 4.74 Å². The molecule has 1 aliphatic heterocycles. The second kappa shape index (κ2) is 7.68. The van der Waals surface area contributed by atoms with Crippen LogP contribution in [0.5, 0.6) is 0 Å². The minimum absolute atomic E-state index is 0.246. The predicted octanol–water partition coefficient (Wildman–Crippen LogP) is 2.68. The maximum absolute atomic E-state index is 5.80. The van der Waals surface area contributed by atoms with E-state index in [0.717, 1.165) is 32.8 Å². The Morgan fingerprint density at radius 2 is 2.33 bits per heavy atom. The van der Waals surface area contributed by atoms with Gasteiger partial charge in [0.15, 0.2) is 0 Å². The van der Waals surface area contributed by atoms with Gasteiger partial charge in [0.1, 0.15) is 0 Å². The summed E-state index contributed by atoms with van der Waals surface area (Å²) in [7, 11) is 2.21. The second-order valence-electron chi connectivity index (χ2n) is 6.72. The second-order valence-corrected chi connectivity index (χ2v) is 7.66. The quantitative estimate of drug-likeness (QED) is 0.840. The zero-order chi connectivity index (χ0) is 15.3. The van der Waals surface area contributed by atoms with E-state index in [0.29, 0.717) is 6.04 Å². The Morgan fingerprint density at radius 1 is 1.52 bits per heavy atom. The molecule has 120 valence electrons. The maximum Gasteiger partial charge on any atom is 0.0798 e. The van der Waals surface area contributed by atoms with E-state index in [-0.39, 0.29) is 5.41 Å². The molecule has 0 radical (unpaired) electrons. The highest BCUT2D eigenvalue weighted by Gasteiger charge is 2.34. The topological polar surface area (TPSA) is 37.4 Å². The van der Waals surface area contributed by atoms with Gasteiger partial charge in [0.05, 0.1) is 17.8 Å². The van der Waals surface area contributed by atoms with Crippen molar-refractivity contribution >= 4 is 11.3 Å². The van der Waals surface area contributed by atoms with Crippen LogP contribution in [0, 0.1) is 12.3 Å². The van der Waals surface area contributed by atoms with Crippen molar-refractivity contribution in [1.29, 1.82) is 0 Å². The van der Waals surface area contributed by atoms with Gasteiger partial charge in [-0.3, -0.25) is 0 Å². The van der Waals surface area contributed by atoms with Crippen LogP contribution >= 0.6 is 11.3 Å². The summed E-state index contributed by atoms with van der Waals surface area (Å²) in [5, 5.41) is 3.62. The molecule has 0 aliphatic carbocycles. The molecule has 0 saturated carbocycles. The van der Waals surface area contributed by atoms with Gasteiger partial charge in [-0.2, -0.15) is 0 Å². The van der Waals surface area contributed by atoms with E-state index < -0.39 is 0 Å². The predicted molar refractivity (Wildman–Crippen MR) is 88.8 cm³/mol. The highest BCUT2D eigenvalue weighted by atomic mass is 32.1. The fourth-order valence-electron chi connectivity index (χ4n) is 3.00. The third kappa shape index (κ3) is 5.02. The first-order valence-corrected chi connectivity index (χ1v) is 8.77. The number of nitrogens with one attached hydrogen (secondary N) is 1. The van der Waals surface area contributed by atoms with Crippen LogP contribution in [-0.2, 0) is 11.3 Å². The maximum atomic E-state index is 5.80. The number of hydrogen-bond donors (Lipinski definition) is 1. The summed E-state index contributed by atoms with van der Waals surface area (Å²) in [5.74, 6) is 0. The standard InChI is InChI=1S/C16H29N3OS/c1-13(2)17-9-16(6-5-7-20-11-16)10-19(4)8-15-14(3)18-12-21-15/h12-13,17H,5-11H2,1-4H3. The van der Waals surface area contributed by atoms with Crippen molar-refractivity contribution in [3.63, 3.8) is 0 Å². The molecule has 1 unspecified atom stereocenters. The molecule has 0 bridgehead atoms. The summed E-state index contributed by atoms with van der Waals surface area (Å²) >= 11 is 1.76. The lowest BCUT2D eigenvalue weighted by Gasteiger charge is -2.40. The van der Waals surface area contributed by atoms with Crippen LogP contribution in [0.3, 0.4) is 0 Å². The largest absolute Gasteiger partial charge is 0.381 e. The minimum Gasteiger partial charge on any atom is -0.381 e. The van der Waals surface area contributed by atoms with Gasteiger partial charge >= 0.3 is 0 Å². The van der Waals surface area contributed by atoms with Crippen molar-refractivity contribution in [2.45, 2.75) is 46.2 Å². The molecule has 1 atom stereocenters. The summed E-state index contributed by atoms with van der Waals surface area (Å²) in [6.45, 7) is 11.4. The van der Waals surface area contributed by atoms with Gasteiger partial charge in [0.2, 0.25) is 0 Å². The smallest absolute Gasteiger partial charge is 0.0798 e. The van der Waals surface area contributed by atoms with Crippen molar-refractivity contribution in [2.75, 3.05) is 33.4 Å². The molecule has 1 aromatic rings. The third-order valence-electron chi connectivity index (χ3n) is 4.15. The Morgan fingerprint density at radius 3 is 2.90 bits per heavy atom. The number of ether oxygens (including phenoxy) is 1. The Balaban J connectivity index is 1.95. The number of hydrogen-bond acceptors (Lipinski definition) is 5. The van der Waals surface area contributed by atoms with E-state index in [1.807, 2.05) is 5.51 Å². The summed E-state index contributed by atoms with van der Waals surface area (Å²) < 4.78 is 5.80. The first kappa shape index (κ1) is 16.9. The molecule has 1 fully saturated rings. The molecule has 1 N–H and O–H groups in total. The van der Waals surface area contributed by atoms with Crippen LogP contribution in [0.25, 0.3) is 0 Å². The average molecular weight is 311 g/mol. The monoisotopic (exact) mass is 311 g/mol. The van der Waals surface area contributed by atoms with E-state index in [4.69, 9.17) is 4.74 Å². The number of aromatic nitrogens is 1. The van der Waals surface area contributed by atoms with Crippen molar-refractivity contribution in [1.82, 2.24) is 15.2 Å². The van der Waals surface area contributed by atoms with Gasteiger partial charge < -0.3 is 15.0 Å². The van der Waals surface area contributed by atoms with E-state index in [2.05, 4.69) is 43.0 Å². The van der Waals surface area contributed by atoms with Crippen molar-refractivity contribution in [2.24, 2.45) is 5.41 Å². The lowest BCUT2D eigenvalue weighted by molar-refractivity contribution is -0.0244. The number of rotatable bonds is 7. The highest BCUT2D eigenvalue weighted by Crippen LogP contribution is 2.30. The van der Waals surface area contributed by atoms with Gasteiger partial charge in [-0.1, -0.05) is 13.8 Å². The number of thiazole rings is 1. The van der Waals surface area contributed by atoms with E-state index in [1.165, 1.54) is 23.4 Å². The van der Waals surface area contributed by atoms with E-state index in [9.17, 15) is 0 Å². The minimum atomic E-state index is 0.246. The SMILES string of the molecule is Cc1ncsc1CN(C)CC1(CNC(C)C)CCCOC1. The molecular weight excluding hydrogens is 282 g/mol. The van der Waals surface area contributed by atoms with Gasteiger partial charge in [0, 0.05) is 42.6 Å². The summed E-state index contributed by atoms with van der Waals surface area (Å²) in [4.78, 5) is 8.15. The molecule has 1 saturated heterocycles. The van der Waals surface area contributed by atoms with Crippen LogP contribution in [-0.4, -0.2) is 49.3 Å². The average Bonchev–Trinajstić information content (AvgIpc) is 2.83. The fourth-order valence-corrected chi connectivity index (χ4v) is 3.86. The highest BCUT2D eigenvalue weighted by molar-refractivity contribution is 7.09. The van der Waals surface area contributed by atoms with Gasteiger partial charge in [0.25, 0.3) is 0 Å². The van der Waals surface area contributed by atoms with Crippen LogP contribution < -0.4 is 5.32 Å². The van der Waals surface area contributed by atoms with Crippen LogP contribution in [0.1, 0.15) is 37.3 Å². The Hall–Kier alpha value is -0.490. The fraction of sp³-hybridized carbons (Fsp3) is 0.812. The molecule has 1 aromatic heterocycles. The molecule has 4 nitrogen and oxygen atoms in total. The molecule has 0 aromatic carbocycles. The normalized spacial score (nSPS) is 23.1. The molecule has 21 heavy (non-hydrogen) atoms. The zero-order valence-corrected chi connectivity index (χ0v) is 14.6. The van der Waals surface area contributed by atoms with Crippen LogP contribution in [0.4, 0.5) is 0 Å². The lowest BCUT2D eigenvalue weighted by atomic mass is 9.81. The number of aryl methyl sites for hydroxylation is 1. The zero-order valence-electron chi connectivity index (χ0n) is 13.8. The van der Waals surface area contributed by atoms with E-state index in [1.54, 1.807) is 11.3 Å². The molecule has 2 rings (SSSR count). The first-order valence-electron chi connectivity index (χ1n) is 7.89. The van der Waals surface area contributed by atoms with Crippen LogP contribution in [0.15, 0.2) is 5.51 Å². The Bertz CT molecular complexity index is 427. The molecule has 5 heteroatoms. The van der Waals surface area contributed by atoms with Gasteiger partial charge in [-0.05, 0) is 26.8 Å². The molecule has 0 amide bonds. The molecular formula is C16H29N3OS. The summed E-state index contributed by atoms with van der Waals surface area (Å²) in [5.41, 5.74) is 3.36. The van der Waals surface area contributed by atoms with Crippen LogP contribution in [0.2, 0.25) is 0 Å².